The third-order valence-corrected chi connectivity index (χ3v) is 3.58. The summed E-state index contributed by atoms with van der Waals surface area (Å²) in [5.74, 6) is -0.264. The normalized spacial score (nSPS) is 10.2. The highest BCUT2D eigenvalue weighted by Gasteiger charge is 2.14. The van der Waals surface area contributed by atoms with E-state index in [9.17, 15) is 9.59 Å². The Morgan fingerprint density at radius 2 is 1.74 bits per heavy atom. The lowest BCUT2D eigenvalue weighted by molar-refractivity contribution is 0.0526. The Labute approximate surface area is 163 Å². The van der Waals surface area contributed by atoms with Crippen molar-refractivity contribution in [1.82, 2.24) is 5.32 Å². The Hall–Kier alpha value is -2.93. The molecular weight excluding hydrogens is 364 g/mol. The number of hydrogen-bond acceptors (Lipinski definition) is 5. The van der Waals surface area contributed by atoms with E-state index in [1.807, 2.05) is 13.8 Å². The number of esters is 1. The molecule has 0 aliphatic rings. The van der Waals surface area contributed by atoms with Crippen LogP contribution in [0.1, 0.15) is 41.5 Å². The zero-order valence-corrected chi connectivity index (χ0v) is 16.3. The summed E-state index contributed by atoms with van der Waals surface area (Å²) in [6, 6.07) is 13.6. The van der Waals surface area contributed by atoms with Crippen LogP contribution in [-0.2, 0) is 4.74 Å². The van der Waals surface area contributed by atoms with E-state index in [1.165, 1.54) is 0 Å². The van der Waals surface area contributed by atoms with Crippen LogP contribution in [0.2, 0.25) is 0 Å². The van der Waals surface area contributed by atoms with Gasteiger partial charge >= 0.3 is 5.97 Å². The van der Waals surface area contributed by atoms with E-state index >= 15 is 0 Å². The lowest BCUT2D eigenvalue weighted by Gasteiger charge is -2.15. The molecule has 0 aliphatic heterocycles. The Bertz CT molecular complexity index is 819. The monoisotopic (exact) mass is 386 g/mol. The predicted molar refractivity (Wildman–Crippen MR) is 108 cm³/mol. The summed E-state index contributed by atoms with van der Waals surface area (Å²) in [5, 5.41) is 5.68. The van der Waals surface area contributed by atoms with Crippen LogP contribution in [0.5, 0.6) is 5.75 Å². The van der Waals surface area contributed by atoms with Crippen molar-refractivity contribution in [2.24, 2.45) is 0 Å². The van der Waals surface area contributed by atoms with Crippen LogP contribution < -0.4 is 15.4 Å². The molecule has 0 aromatic heterocycles. The highest BCUT2D eigenvalue weighted by molar-refractivity contribution is 7.80. The van der Waals surface area contributed by atoms with Gasteiger partial charge in [-0.15, -0.1) is 0 Å². The van der Waals surface area contributed by atoms with Crippen molar-refractivity contribution in [3.63, 3.8) is 0 Å². The number of ether oxygens (including phenoxy) is 2. The summed E-state index contributed by atoms with van der Waals surface area (Å²) in [6.45, 7) is 5.85. The van der Waals surface area contributed by atoms with Crippen LogP contribution in [-0.4, -0.2) is 29.7 Å². The third-order valence-electron chi connectivity index (χ3n) is 3.38. The van der Waals surface area contributed by atoms with E-state index in [2.05, 4.69) is 10.6 Å². The summed E-state index contributed by atoms with van der Waals surface area (Å²) in [4.78, 5) is 24.1. The van der Waals surface area contributed by atoms with Crippen molar-refractivity contribution in [2.75, 3.05) is 11.9 Å². The van der Waals surface area contributed by atoms with Gasteiger partial charge in [-0.1, -0.05) is 12.1 Å². The number of anilines is 1. The molecule has 6 nitrogen and oxygen atoms in total. The number of para-hydroxylation sites is 1. The van der Waals surface area contributed by atoms with Crippen LogP contribution in [0.15, 0.2) is 48.5 Å². The molecule has 0 fully saturated rings. The fourth-order valence-corrected chi connectivity index (χ4v) is 2.46. The van der Waals surface area contributed by atoms with Crippen LogP contribution in [0.3, 0.4) is 0 Å². The molecule has 0 spiro atoms. The average molecular weight is 386 g/mol. The zero-order valence-electron chi connectivity index (χ0n) is 15.4. The molecule has 0 bridgehead atoms. The first-order valence-electron chi connectivity index (χ1n) is 8.56. The van der Waals surface area contributed by atoms with Crippen LogP contribution in [0, 0.1) is 0 Å². The third kappa shape index (κ3) is 6.07. The number of carbonyl (C=O) groups is 2. The molecule has 0 heterocycles. The van der Waals surface area contributed by atoms with E-state index in [0.717, 1.165) is 0 Å². The maximum Gasteiger partial charge on any atom is 0.338 e. The number of benzene rings is 2. The lowest BCUT2D eigenvalue weighted by Crippen LogP contribution is -2.34. The fraction of sp³-hybridized carbons (Fsp3) is 0.250. The Kier molecular flexibility index (Phi) is 7.31. The van der Waals surface area contributed by atoms with Gasteiger partial charge in [-0.2, -0.15) is 0 Å². The zero-order chi connectivity index (χ0) is 19.8. The molecule has 2 aromatic carbocycles. The predicted octanol–water partition coefficient (Wildman–Crippen LogP) is 3.78. The van der Waals surface area contributed by atoms with Crippen LogP contribution in [0.4, 0.5) is 5.69 Å². The maximum absolute atomic E-state index is 12.5. The molecular formula is C20H22N2O4S. The first kappa shape index (κ1) is 20.4. The number of amides is 1. The molecule has 0 atom stereocenters. The number of carbonyl (C=O) groups excluding carboxylic acids is 2. The van der Waals surface area contributed by atoms with Crippen molar-refractivity contribution >= 4 is 34.9 Å². The highest BCUT2D eigenvalue weighted by Crippen LogP contribution is 2.19. The molecule has 2 N–H and O–H groups in total. The molecule has 0 saturated heterocycles. The Morgan fingerprint density at radius 1 is 1.07 bits per heavy atom. The van der Waals surface area contributed by atoms with Gasteiger partial charge in [0.25, 0.3) is 5.91 Å². The molecule has 1 amide bonds. The number of thiocarbonyl (C=S) groups is 1. The van der Waals surface area contributed by atoms with Gasteiger partial charge in [-0.25, -0.2) is 4.79 Å². The summed E-state index contributed by atoms with van der Waals surface area (Å²) in [7, 11) is 0. The van der Waals surface area contributed by atoms with Gasteiger partial charge in [-0.3, -0.25) is 10.1 Å². The van der Waals surface area contributed by atoms with E-state index in [1.54, 1.807) is 55.5 Å². The smallest absolute Gasteiger partial charge is 0.338 e. The minimum atomic E-state index is -0.387. The Morgan fingerprint density at radius 3 is 2.37 bits per heavy atom. The summed E-state index contributed by atoms with van der Waals surface area (Å²) < 4.78 is 10.6. The second kappa shape index (κ2) is 9.68. The van der Waals surface area contributed by atoms with Crippen molar-refractivity contribution in [1.29, 1.82) is 0 Å². The van der Waals surface area contributed by atoms with Gasteiger partial charge in [0.2, 0.25) is 0 Å². The summed E-state index contributed by atoms with van der Waals surface area (Å²) in [5.41, 5.74) is 1.48. The average Bonchev–Trinajstić information content (AvgIpc) is 2.62. The lowest BCUT2D eigenvalue weighted by atomic mass is 10.2. The van der Waals surface area contributed by atoms with E-state index in [4.69, 9.17) is 21.7 Å². The highest BCUT2D eigenvalue weighted by atomic mass is 32.1. The molecule has 0 unspecified atom stereocenters. The van der Waals surface area contributed by atoms with E-state index in [-0.39, 0.29) is 23.1 Å². The topological polar surface area (TPSA) is 76.7 Å². The summed E-state index contributed by atoms with van der Waals surface area (Å²) >= 11 is 5.19. The molecule has 142 valence electrons. The van der Waals surface area contributed by atoms with E-state index in [0.29, 0.717) is 29.2 Å². The molecule has 2 aromatic rings. The molecule has 7 heteroatoms. The molecule has 0 saturated carbocycles. The van der Waals surface area contributed by atoms with Gasteiger partial charge in [0.1, 0.15) is 5.75 Å². The largest absolute Gasteiger partial charge is 0.490 e. The number of nitrogens with one attached hydrogen (secondary N) is 2. The second-order valence-corrected chi connectivity index (χ2v) is 6.28. The van der Waals surface area contributed by atoms with Crippen molar-refractivity contribution in [3.05, 3.63) is 59.7 Å². The quantitative estimate of drug-likeness (QED) is 0.581. The number of hydrogen-bond donors (Lipinski definition) is 2. The van der Waals surface area contributed by atoms with Gasteiger partial charge in [0, 0.05) is 5.69 Å². The standard InChI is InChI=1S/C20H22N2O4S/c1-4-25-19(24)14-9-11-15(12-10-14)21-20(27)22-18(23)16-7-5-6-8-17(16)26-13(2)3/h5-13H,4H2,1-3H3,(H2,21,22,23,27). The van der Waals surface area contributed by atoms with Crippen molar-refractivity contribution < 1.29 is 19.1 Å². The van der Waals surface area contributed by atoms with Gasteiger partial charge in [-0.05, 0) is 69.4 Å². The van der Waals surface area contributed by atoms with Crippen LogP contribution in [0.25, 0.3) is 0 Å². The molecule has 0 aliphatic carbocycles. The maximum atomic E-state index is 12.5. The molecule has 2 rings (SSSR count). The van der Waals surface area contributed by atoms with Gasteiger partial charge in [0.15, 0.2) is 5.11 Å². The van der Waals surface area contributed by atoms with Crippen molar-refractivity contribution in [2.45, 2.75) is 26.9 Å². The summed E-state index contributed by atoms with van der Waals surface area (Å²) in [6.07, 6.45) is -0.0538. The minimum Gasteiger partial charge on any atom is -0.490 e. The van der Waals surface area contributed by atoms with E-state index < -0.39 is 0 Å². The first-order valence-corrected chi connectivity index (χ1v) is 8.96. The molecule has 27 heavy (non-hydrogen) atoms. The first-order chi connectivity index (χ1) is 12.9. The van der Waals surface area contributed by atoms with Gasteiger partial charge < -0.3 is 14.8 Å². The number of rotatable bonds is 6. The molecule has 0 radical (unpaired) electrons. The Balaban J connectivity index is 1.99. The van der Waals surface area contributed by atoms with Gasteiger partial charge in [0.05, 0.1) is 23.8 Å². The van der Waals surface area contributed by atoms with Crippen LogP contribution >= 0.6 is 12.2 Å². The minimum absolute atomic E-state index is 0.0538. The van der Waals surface area contributed by atoms with Crippen molar-refractivity contribution in [3.8, 4) is 5.75 Å². The second-order valence-electron chi connectivity index (χ2n) is 5.87. The fourth-order valence-electron chi connectivity index (χ4n) is 2.25. The SMILES string of the molecule is CCOC(=O)c1ccc(NC(=S)NC(=O)c2ccccc2OC(C)C)cc1.